The third-order valence-electron chi connectivity index (χ3n) is 5.36. The fourth-order valence-electron chi connectivity index (χ4n) is 3.38. The Bertz CT molecular complexity index is 651. The smallest absolute Gasteiger partial charge is 0.220 e. The number of carbonyl (C=O) groups is 1. The first-order valence-corrected chi connectivity index (χ1v) is 12.0. The van der Waals surface area contributed by atoms with Crippen molar-refractivity contribution in [1.29, 1.82) is 0 Å². The zero-order valence-electron chi connectivity index (χ0n) is 20.6. The molecule has 7 nitrogen and oxygen atoms in total. The van der Waals surface area contributed by atoms with Crippen LogP contribution < -0.4 is 5.32 Å². The number of hydrogen-bond acceptors (Lipinski definition) is 6. The summed E-state index contributed by atoms with van der Waals surface area (Å²) < 4.78 is 12.1. The van der Waals surface area contributed by atoms with Crippen LogP contribution in [-0.4, -0.2) is 63.6 Å². The highest BCUT2D eigenvalue weighted by Crippen LogP contribution is 2.20. The van der Waals surface area contributed by atoms with E-state index in [9.17, 15) is 20.1 Å². The molecule has 0 aliphatic carbocycles. The molecule has 0 aromatic carbocycles. The Hall–Kier alpha value is -1.77. The van der Waals surface area contributed by atoms with Crippen molar-refractivity contribution in [2.75, 3.05) is 6.61 Å². The molecule has 0 bridgehead atoms. The molecule has 0 saturated carbocycles. The van der Waals surface area contributed by atoms with E-state index in [1.165, 1.54) is 6.42 Å². The molecule has 0 aromatic rings. The van der Waals surface area contributed by atoms with Crippen molar-refractivity contribution >= 4 is 5.91 Å². The predicted octanol–water partition coefficient (Wildman–Crippen LogP) is 3.05. The van der Waals surface area contributed by atoms with Gasteiger partial charge in [0, 0.05) is 7.79 Å². The minimum absolute atomic E-state index is 0.222. The summed E-state index contributed by atoms with van der Waals surface area (Å²) in [6, 6.07) is -1.14. The summed E-state index contributed by atoms with van der Waals surface area (Å²) in [5.74, 6) is -0.347. The van der Waals surface area contributed by atoms with E-state index in [1.54, 1.807) is 0 Å². The molecule has 1 saturated heterocycles. The summed E-state index contributed by atoms with van der Waals surface area (Å²) in [6.45, 7) is -0.00771. The number of amides is 1. The second-order valence-corrected chi connectivity index (χ2v) is 8.16. The molecular formula is C26H43NO6. The van der Waals surface area contributed by atoms with Gasteiger partial charge in [-0.2, -0.15) is 0 Å². The highest BCUT2D eigenvalue weighted by molar-refractivity contribution is 5.76. The lowest BCUT2D eigenvalue weighted by Crippen LogP contribution is -2.64. The Balaban J connectivity index is 2.07. The maximum absolute atomic E-state index is 12.1. The van der Waals surface area contributed by atoms with Gasteiger partial charge in [0.25, 0.3) is 0 Å². The maximum Gasteiger partial charge on any atom is 0.220 e. The van der Waals surface area contributed by atoms with Crippen LogP contribution in [0, 0.1) is 0 Å². The normalized spacial score (nSPS) is 26.7. The van der Waals surface area contributed by atoms with E-state index in [0.717, 1.165) is 44.9 Å². The zero-order valence-corrected chi connectivity index (χ0v) is 19.6. The Morgan fingerprint density at radius 2 is 1.45 bits per heavy atom. The number of rotatable bonds is 16. The zero-order chi connectivity index (χ0) is 25.0. The Kier molecular flexibility index (Phi) is 15.5. The van der Waals surface area contributed by atoms with Crippen molar-refractivity contribution < 1.29 is 31.3 Å². The Morgan fingerprint density at radius 1 is 0.879 bits per heavy atom. The number of nitrogens with one attached hydrogen (secondary N) is 1. The van der Waals surface area contributed by atoms with Gasteiger partial charge in [-0.1, -0.05) is 68.3 Å². The Morgan fingerprint density at radius 3 is 2.03 bits per heavy atom. The first-order chi connectivity index (χ1) is 16.5. The van der Waals surface area contributed by atoms with Gasteiger partial charge in [-0.3, -0.25) is 4.79 Å². The lowest BCUT2D eigenvalue weighted by molar-refractivity contribution is -0.253. The number of carbonyl (C=O) groups excluding carboxylic acids is 1. The first-order valence-electron chi connectivity index (χ1n) is 12.7. The molecular weight excluding hydrogens is 422 g/mol. The standard InChI is InChI=1S/C26H43NO6/c1-2-3-4-5-6-7-8-9-10-11-12-13-14-15-16-17-18-19-22(29)27-23-25(31)24(30)21(20-28)33-26(23)32/h6-7,9-10,12-13,15-16,21,23-26,28,30-32H,2-5,8,11,14,17-20H2,1H3,(H,27,29)/b7-6-,10-9-,13-12-,16-15-/t21-,23-,24-,25-,26?/m1/s1/i1D. The van der Waals surface area contributed by atoms with Crippen LogP contribution in [0.5, 0.6) is 0 Å². The van der Waals surface area contributed by atoms with E-state index in [0.29, 0.717) is 13.3 Å². The topological polar surface area (TPSA) is 119 Å². The Labute approximate surface area is 200 Å². The van der Waals surface area contributed by atoms with Crippen molar-refractivity contribution in [3.63, 3.8) is 0 Å². The highest BCUT2D eigenvalue weighted by Gasteiger charge is 2.44. The number of aliphatic hydroxyl groups is 4. The van der Waals surface area contributed by atoms with E-state index < -0.39 is 37.3 Å². The number of unbranched alkanes of at least 4 members (excludes halogenated alkanes) is 4. The van der Waals surface area contributed by atoms with Crippen molar-refractivity contribution in [2.24, 2.45) is 0 Å². The fraction of sp³-hybridized carbons (Fsp3) is 0.654. The van der Waals surface area contributed by atoms with Crippen LogP contribution in [0.1, 0.15) is 72.5 Å². The molecule has 1 fully saturated rings. The maximum atomic E-state index is 12.1. The molecule has 188 valence electrons. The van der Waals surface area contributed by atoms with Crippen molar-refractivity contribution in [1.82, 2.24) is 5.32 Å². The van der Waals surface area contributed by atoms with Crippen LogP contribution in [-0.2, 0) is 9.53 Å². The van der Waals surface area contributed by atoms with Crippen LogP contribution >= 0.6 is 0 Å². The van der Waals surface area contributed by atoms with Gasteiger partial charge in [-0.25, -0.2) is 0 Å². The van der Waals surface area contributed by atoms with E-state index >= 15 is 0 Å². The summed E-state index contributed by atoms with van der Waals surface area (Å²) >= 11 is 0. The van der Waals surface area contributed by atoms with Crippen LogP contribution in [0.3, 0.4) is 0 Å². The second-order valence-electron chi connectivity index (χ2n) is 8.16. The van der Waals surface area contributed by atoms with Gasteiger partial charge in [-0.05, 0) is 44.9 Å². The van der Waals surface area contributed by atoms with Gasteiger partial charge >= 0.3 is 0 Å². The van der Waals surface area contributed by atoms with Crippen LogP contribution in [0.15, 0.2) is 48.6 Å². The molecule has 0 radical (unpaired) electrons. The van der Waals surface area contributed by atoms with E-state index in [-0.39, 0.29) is 12.3 Å². The second kappa shape index (κ2) is 18.6. The molecule has 5 N–H and O–H groups in total. The number of aliphatic hydroxyl groups excluding tert-OH is 4. The largest absolute Gasteiger partial charge is 0.394 e. The molecule has 1 aliphatic heterocycles. The van der Waals surface area contributed by atoms with Gasteiger partial charge in [0.2, 0.25) is 5.91 Å². The molecule has 1 aliphatic rings. The monoisotopic (exact) mass is 466 g/mol. The molecule has 1 unspecified atom stereocenters. The van der Waals surface area contributed by atoms with Crippen LogP contribution in [0.25, 0.3) is 0 Å². The minimum Gasteiger partial charge on any atom is -0.394 e. The molecule has 0 spiro atoms. The third kappa shape index (κ3) is 12.9. The van der Waals surface area contributed by atoms with Gasteiger partial charge in [0.1, 0.15) is 24.4 Å². The summed E-state index contributed by atoms with van der Waals surface area (Å²) in [6.07, 6.45) is 20.3. The summed E-state index contributed by atoms with van der Waals surface area (Å²) in [7, 11) is 0. The lowest BCUT2D eigenvalue weighted by atomic mass is 9.97. The number of ether oxygens (including phenoxy) is 1. The van der Waals surface area contributed by atoms with Crippen LogP contribution in [0.4, 0.5) is 0 Å². The highest BCUT2D eigenvalue weighted by atomic mass is 16.6. The molecule has 7 heteroatoms. The van der Waals surface area contributed by atoms with Crippen molar-refractivity contribution in [3.05, 3.63) is 48.6 Å². The SMILES string of the molecule is [2H]CCCCC/C=C\C/C=C\C/C=C\C/C=C\CCCC(=O)N[C@H]1C(O)O[C@H](CO)[C@@H](O)[C@@H]1O. The quantitative estimate of drug-likeness (QED) is 0.176. The van der Waals surface area contributed by atoms with Gasteiger partial charge in [-0.15, -0.1) is 0 Å². The van der Waals surface area contributed by atoms with E-state index in [1.807, 2.05) is 6.08 Å². The van der Waals surface area contributed by atoms with E-state index in [2.05, 4.69) is 47.8 Å². The third-order valence-corrected chi connectivity index (χ3v) is 5.36. The molecule has 0 aromatic heterocycles. The average molecular weight is 467 g/mol. The van der Waals surface area contributed by atoms with Gasteiger partial charge in [0.15, 0.2) is 6.29 Å². The number of allylic oxidation sites excluding steroid dienone is 8. The molecule has 1 amide bonds. The molecule has 1 heterocycles. The summed E-state index contributed by atoms with van der Waals surface area (Å²) in [5, 5.41) is 41.3. The van der Waals surface area contributed by atoms with Crippen molar-refractivity contribution in [2.45, 2.75) is 102 Å². The molecule has 5 atom stereocenters. The molecule has 1 rings (SSSR count). The first kappa shape index (κ1) is 27.5. The van der Waals surface area contributed by atoms with E-state index in [4.69, 9.17) is 11.2 Å². The van der Waals surface area contributed by atoms with Crippen molar-refractivity contribution in [3.8, 4) is 0 Å². The van der Waals surface area contributed by atoms with Gasteiger partial charge < -0.3 is 30.5 Å². The minimum atomic E-state index is -1.49. The fourth-order valence-corrected chi connectivity index (χ4v) is 3.38. The number of hydrogen-bond donors (Lipinski definition) is 5. The predicted molar refractivity (Wildman–Crippen MR) is 130 cm³/mol. The molecule has 33 heavy (non-hydrogen) atoms. The van der Waals surface area contributed by atoms with Crippen LogP contribution in [0.2, 0.25) is 0 Å². The summed E-state index contributed by atoms with van der Waals surface area (Å²) in [4.78, 5) is 12.1. The lowest BCUT2D eigenvalue weighted by Gasteiger charge is -2.40. The summed E-state index contributed by atoms with van der Waals surface area (Å²) in [5.41, 5.74) is 0. The average Bonchev–Trinajstić information content (AvgIpc) is 2.83. The van der Waals surface area contributed by atoms with Gasteiger partial charge in [0.05, 0.1) is 6.61 Å².